The summed E-state index contributed by atoms with van der Waals surface area (Å²) in [4.78, 5) is 29.3. The van der Waals surface area contributed by atoms with Crippen molar-refractivity contribution in [2.75, 3.05) is 6.61 Å². The number of rotatable bonds is 6. The van der Waals surface area contributed by atoms with Crippen molar-refractivity contribution in [2.45, 2.75) is 25.4 Å². The maximum Gasteiger partial charge on any atom is 0.295 e. The van der Waals surface area contributed by atoms with Crippen LogP contribution in [0.2, 0.25) is 0 Å². The first kappa shape index (κ1) is 24.0. The van der Waals surface area contributed by atoms with Crippen LogP contribution in [-0.4, -0.2) is 28.3 Å². The molecule has 1 N–H and O–H groups in total. The number of para-hydroxylation sites is 1. The van der Waals surface area contributed by atoms with Crippen LogP contribution in [0.3, 0.4) is 0 Å². The third-order valence-electron chi connectivity index (χ3n) is 6.78. The van der Waals surface area contributed by atoms with E-state index in [4.69, 9.17) is 9.47 Å². The molecule has 3 heterocycles. The van der Waals surface area contributed by atoms with Gasteiger partial charge in [-0.05, 0) is 77.9 Å². The Morgan fingerprint density at radius 3 is 2.63 bits per heavy atom. The van der Waals surface area contributed by atoms with Gasteiger partial charge in [0.1, 0.15) is 23.0 Å². The van der Waals surface area contributed by atoms with Gasteiger partial charge in [-0.25, -0.2) is 0 Å². The van der Waals surface area contributed by atoms with Gasteiger partial charge in [0.2, 0.25) is 0 Å². The number of aliphatic hydroxyl groups excluding tert-OH is 1. The highest BCUT2D eigenvalue weighted by molar-refractivity contribution is 7.09. The quantitative estimate of drug-likeness (QED) is 0.178. The third kappa shape index (κ3) is 4.57. The molecule has 1 fully saturated rings. The summed E-state index contributed by atoms with van der Waals surface area (Å²) in [5, 5.41) is 13.4. The number of ether oxygens (including phenoxy) is 2. The minimum absolute atomic E-state index is 0.0695. The molecule has 2 aliphatic rings. The number of aryl methyl sites for hydroxylation is 1. The van der Waals surface area contributed by atoms with Crippen LogP contribution in [0.15, 0.2) is 95.9 Å². The molecule has 0 bridgehead atoms. The molecular formula is C31H25NO5S. The number of aliphatic hydroxyl groups is 1. The zero-order valence-corrected chi connectivity index (χ0v) is 21.3. The number of nitrogens with zero attached hydrogens (tertiary/aromatic N) is 1. The minimum Gasteiger partial charge on any atom is -0.507 e. The van der Waals surface area contributed by atoms with Crippen molar-refractivity contribution in [3.05, 3.63) is 117 Å². The van der Waals surface area contributed by atoms with Crippen molar-refractivity contribution >= 4 is 28.8 Å². The fraction of sp³-hybridized carbons (Fsp3) is 0.161. The van der Waals surface area contributed by atoms with Gasteiger partial charge in [-0.3, -0.25) is 9.59 Å². The van der Waals surface area contributed by atoms with Crippen molar-refractivity contribution in [3.8, 4) is 17.2 Å². The Kier molecular flexibility index (Phi) is 6.43. The summed E-state index contributed by atoms with van der Waals surface area (Å²) >= 11 is 1.51. The summed E-state index contributed by atoms with van der Waals surface area (Å²) in [5.74, 6) is 0.501. The van der Waals surface area contributed by atoms with Crippen LogP contribution < -0.4 is 9.47 Å². The van der Waals surface area contributed by atoms with Gasteiger partial charge in [-0.2, -0.15) is 0 Å². The second-order valence-electron chi connectivity index (χ2n) is 9.27. The van der Waals surface area contributed by atoms with Gasteiger partial charge in [0, 0.05) is 10.4 Å². The summed E-state index contributed by atoms with van der Waals surface area (Å²) in [6, 6.07) is 25.2. The van der Waals surface area contributed by atoms with Gasteiger partial charge < -0.3 is 19.5 Å². The van der Waals surface area contributed by atoms with E-state index in [1.807, 2.05) is 84.2 Å². The van der Waals surface area contributed by atoms with Crippen molar-refractivity contribution in [1.82, 2.24) is 4.90 Å². The number of hydrogen-bond acceptors (Lipinski definition) is 6. The largest absolute Gasteiger partial charge is 0.507 e. The normalized spacial score (nSPS) is 18.2. The Balaban J connectivity index is 1.45. The smallest absolute Gasteiger partial charge is 0.295 e. The monoisotopic (exact) mass is 523 g/mol. The number of ketones is 1. The molecule has 0 radical (unpaired) electrons. The molecule has 0 saturated carbocycles. The minimum atomic E-state index is -0.774. The highest BCUT2D eigenvalue weighted by atomic mass is 32.1. The lowest BCUT2D eigenvalue weighted by molar-refractivity contribution is -0.140. The van der Waals surface area contributed by atoms with Gasteiger partial charge in [-0.1, -0.05) is 36.4 Å². The van der Waals surface area contributed by atoms with Gasteiger partial charge >= 0.3 is 0 Å². The predicted molar refractivity (Wildman–Crippen MR) is 145 cm³/mol. The van der Waals surface area contributed by atoms with E-state index in [2.05, 4.69) is 0 Å². The molecule has 2 aliphatic heterocycles. The molecule has 1 atom stereocenters. The van der Waals surface area contributed by atoms with Crippen LogP contribution in [-0.2, 0) is 22.6 Å². The molecule has 4 aromatic rings. The Morgan fingerprint density at radius 2 is 1.82 bits per heavy atom. The van der Waals surface area contributed by atoms with E-state index in [9.17, 15) is 14.7 Å². The van der Waals surface area contributed by atoms with Crippen LogP contribution in [0.1, 0.15) is 34.0 Å². The molecule has 38 heavy (non-hydrogen) atoms. The van der Waals surface area contributed by atoms with Crippen molar-refractivity contribution in [1.29, 1.82) is 0 Å². The highest BCUT2D eigenvalue weighted by Crippen LogP contribution is 2.42. The zero-order valence-electron chi connectivity index (χ0n) is 20.5. The molecule has 190 valence electrons. The molecule has 1 saturated heterocycles. The van der Waals surface area contributed by atoms with E-state index in [1.54, 1.807) is 6.07 Å². The molecular weight excluding hydrogens is 498 g/mol. The van der Waals surface area contributed by atoms with Crippen molar-refractivity contribution < 1.29 is 24.2 Å². The second-order valence-corrected chi connectivity index (χ2v) is 10.3. The predicted octanol–water partition coefficient (Wildman–Crippen LogP) is 6.49. The lowest BCUT2D eigenvalue weighted by Gasteiger charge is -2.25. The molecule has 6 rings (SSSR count). The number of amides is 1. The fourth-order valence-corrected chi connectivity index (χ4v) is 5.70. The average molecular weight is 524 g/mol. The topological polar surface area (TPSA) is 76.1 Å². The molecule has 0 spiro atoms. The van der Waals surface area contributed by atoms with E-state index in [0.29, 0.717) is 29.2 Å². The van der Waals surface area contributed by atoms with Gasteiger partial charge in [0.05, 0.1) is 24.8 Å². The van der Waals surface area contributed by atoms with Gasteiger partial charge in [0.25, 0.3) is 11.7 Å². The summed E-state index contributed by atoms with van der Waals surface area (Å²) < 4.78 is 11.7. The molecule has 3 aromatic carbocycles. The number of thiophene rings is 1. The summed E-state index contributed by atoms with van der Waals surface area (Å²) in [6.45, 7) is 0.916. The second kappa shape index (κ2) is 10.2. The molecule has 6 nitrogen and oxygen atoms in total. The lowest BCUT2D eigenvalue weighted by Crippen LogP contribution is -2.28. The van der Waals surface area contributed by atoms with Crippen LogP contribution in [0, 0.1) is 0 Å². The molecule has 1 amide bonds. The van der Waals surface area contributed by atoms with E-state index in [0.717, 1.165) is 29.0 Å². The summed E-state index contributed by atoms with van der Waals surface area (Å²) in [7, 11) is 0. The SMILES string of the molecule is O=C1C(=O)N(Cc2cccs2)C(c2cccc(Oc3ccccc3)c2)/C1=C(/O)c1ccc2c(c1)CCCO2. The van der Waals surface area contributed by atoms with Crippen LogP contribution in [0.5, 0.6) is 17.2 Å². The summed E-state index contributed by atoms with van der Waals surface area (Å²) in [5.41, 5.74) is 2.21. The van der Waals surface area contributed by atoms with E-state index in [1.165, 1.54) is 16.2 Å². The molecule has 0 aliphatic carbocycles. The van der Waals surface area contributed by atoms with Crippen molar-refractivity contribution in [2.24, 2.45) is 0 Å². The van der Waals surface area contributed by atoms with E-state index >= 15 is 0 Å². The lowest BCUT2D eigenvalue weighted by atomic mass is 9.94. The van der Waals surface area contributed by atoms with Gasteiger partial charge in [-0.15, -0.1) is 11.3 Å². The van der Waals surface area contributed by atoms with E-state index in [-0.39, 0.29) is 17.9 Å². The van der Waals surface area contributed by atoms with Crippen LogP contribution in [0.4, 0.5) is 0 Å². The first-order valence-electron chi connectivity index (χ1n) is 12.5. The Bertz CT molecular complexity index is 1530. The summed E-state index contributed by atoms with van der Waals surface area (Å²) in [6.07, 6.45) is 1.71. The standard InChI is InChI=1S/C31H25NO5S/c33-29(22-13-14-26-20(17-22)8-5-15-36-26)27-28(32(31(35)30(27)34)19-25-12-6-16-38-25)21-7-4-11-24(18-21)37-23-9-2-1-3-10-23/h1-4,6-7,9-14,16-18,28,33H,5,8,15,19H2/b29-27-. The maximum atomic E-state index is 13.4. The van der Waals surface area contributed by atoms with Crippen LogP contribution in [0.25, 0.3) is 5.76 Å². The number of carbonyl (C=O) groups excluding carboxylic acids is 2. The Labute approximate surface area is 224 Å². The van der Waals surface area contributed by atoms with E-state index < -0.39 is 17.7 Å². The Hall–Kier alpha value is -4.36. The molecule has 1 aromatic heterocycles. The number of benzene rings is 3. The number of Topliss-reactive ketones (excluding diaryl/α,β-unsaturated/α-hetero) is 1. The van der Waals surface area contributed by atoms with Crippen molar-refractivity contribution in [3.63, 3.8) is 0 Å². The number of carbonyl (C=O) groups is 2. The first-order valence-corrected chi connectivity index (χ1v) is 13.4. The maximum absolute atomic E-state index is 13.4. The third-order valence-corrected chi connectivity index (χ3v) is 7.64. The zero-order chi connectivity index (χ0) is 26.1. The molecule has 7 heteroatoms. The number of likely N-dealkylation sites (tertiary alicyclic amines) is 1. The number of fused-ring (bicyclic) bond motifs is 1. The van der Waals surface area contributed by atoms with Gasteiger partial charge in [0.15, 0.2) is 0 Å². The first-order chi connectivity index (χ1) is 18.6. The van der Waals surface area contributed by atoms with Crippen LogP contribution >= 0.6 is 11.3 Å². The Morgan fingerprint density at radius 1 is 0.974 bits per heavy atom. The average Bonchev–Trinajstić information content (AvgIpc) is 3.55. The fourth-order valence-electron chi connectivity index (χ4n) is 5.00. The highest BCUT2D eigenvalue weighted by Gasteiger charge is 2.46. The number of hydrogen-bond donors (Lipinski definition) is 1. The molecule has 1 unspecified atom stereocenters.